The molecule has 1 aliphatic heterocycles. The summed E-state index contributed by atoms with van der Waals surface area (Å²) in [5, 5.41) is 16.8. The Labute approximate surface area is 100.0 Å². The molecule has 2 rings (SSSR count). The molecule has 0 radical (unpaired) electrons. The van der Waals surface area contributed by atoms with Crippen LogP contribution in [0.2, 0.25) is 0 Å². The minimum absolute atomic E-state index is 0.0765. The second-order valence-corrected chi connectivity index (χ2v) is 4.41. The Hall–Kier alpha value is -1.69. The number of nitrogens with zero attached hydrogens (tertiary/aromatic N) is 3. The van der Waals surface area contributed by atoms with Crippen molar-refractivity contribution < 1.29 is 5.11 Å². The first-order valence-electron chi connectivity index (χ1n) is 5.67. The monoisotopic (exact) mass is 235 g/mol. The average molecular weight is 235 g/mol. The number of aliphatic hydroxyl groups excluding tert-OH is 1. The van der Waals surface area contributed by atoms with Crippen LogP contribution in [0.1, 0.15) is 19.0 Å². The van der Waals surface area contributed by atoms with Gasteiger partial charge in [-0.05, 0) is 13.3 Å². The Bertz CT molecular complexity index is 403. The van der Waals surface area contributed by atoms with Crippen LogP contribution in [0.4, 0.5) is 5.82 Å². The van der Waals surface area contributed by atoms with Crippen LogP contribution in [-0.4, -0.2) is 40.1 Å². The van der Waals surface area contributed by atoms with Gasteiger partial charge in [0.1, 0.15) is 17.3 Å². The Balaban J connectivity index is 2.06. The number of nitrogens with two attached hydrogens (primary N) is 1. The molecule has 4 N–H and O–H groups in total. The molecule has 0 aromatic carbocycles. The van der Waals surface area contributed by atoms with E-state index in [1.807, 2.05) is 6.92 Å². The molecule has 2 atom stereocenters. The van der Waals surface area contributed by atoms with E-state index in [0.29, 0.717) is 11.6 Å². The van der Waals surface area contributed by atoms with Gasteiger partial charge >= 0.3 is 0 Å². The number of nitrogen functional groups attached to an aromatic ring is 1. The standard InChI is InChI=1S/C11H17N5O/c1-7(17)8-2-3-16(6-8)10-5-14-9(4-15-10)11(12)13/h4-5,7-8,17H,2-3,6H2,1H3,(H3,12,13). The third kappa shape index (κ3) is 2.52. The quantitative estimate of drug-likeness (QED) is 0.504. The fraction of sp³-hybridized carbons (Fsp3) is 0.545. The summed E-state index contributed by atoms with van der Waals surface area (Å²) in [6, 6.07) is 0. The van der Waals surface area contributed by atoms with Crippen molar-refractivity contribution in [1.29, 1.82) is 5.41 Å². The minimum Gasteiger partial charge on any atom is -0.393 e. The van der Waals surface area contributed by atoms with E-state index >= 15 is 0 Å². The van der Waals surface area contributed by atoms with E-state index in [1.165, 1.54) is 6.20 Å². The molecule has 2 heterocycles. The van der Waals surface area contributed by atoms with Crippen molar-refractivity contribution in [2.75, 3.05) is 18.0 Å². The van der Waals surface area contributed by atoms with Crippen LogP contribution in [0.3, 0.4) is 0 Å². The fourth-order valence-electron chi connectivity index (χ4n) is 2.01. The zero-order valence-corrected chi connectivity index (χ0v) is 9.80. The van der Waals surface area contributed by atoms with Gasteiger partial charge in [-0.25, -0.2) is 9.97 Å². The molecule has 0 saturated carbocycles. The Morgan fingerprint density at radius 1 is 1.59 bits per heavy atom. The lowest BCUT2D eigenvalue weighted by molar-refractivity contribution is 0.136. The maximum atomic E-state index is 9.53. The normalized spacial score (nSPS) is 21.5. The number of hydrogen-bond donors (Lipinski definition) is 3. The van der Waals surface area contributed by atoms with Gasteiger partial charge < -0.3 is 15.7 Å². The number of amidine groups is 1. The highest BCUT2D eigenvalue weighted by Crippen LogP contribution is 2.23. The number of aliphatic hydroxyl groups is 1. The molecule has 6 nitrogen and oxygen atoms in total. The van der Waals surface area contributed by atoms with Crippen LogP contribution in [0.15, 0.2) is 12.4 Å². The predicted octanol–water partition coefficient (Wildman–Crippen LogP) is -0.0322. The van der Waals surface area contributed by atoms with E-state index < -0.39 is 0 Å². The molecule has 6 heteroatoms. The molecule has 1 aliphatic rings. The lowest BCUT2D eigenvalue weighted by Crippen LogP contribution is -2.25. The summed E-state index contributed by atoms with van der Waals surface area (Å²) >= 11 is 0. The largest absolute Gasteiger partial charge is 0.393 e. The first kappa shape index (κ1) is 11.8. The van der Waals surface area contributed by atoms with Crippen molar-refractivity contribution in [1.82, 2.24) is 9.97 Å². The highest BCUT2D eigenvalue weighted by atomic mass is 16.3. The molecule has 1 aromatic heterocycles. The van der Waals surface area contributed by atoms with Crippen molar-refractivity contribution in [3.05, 3.63) is 18.1 Å². The van der Waals surface area contributed by atoms with E-state index in [4.69, 9.17) is 11.1 Å². The molecule has 17 heavy (non-hydrogen) atoms. The van der Waals surface area contributed by atoms with E-state index in [1.54, 1.807) is 6.20 Å². The molecular formula is C11H17N5O. The molecule has 1 saturated heterocycles. The van der Waals surface area contributed by atoms with Crippen LogP contribution in [-0.2, 0) is 0 Å². The summed E-state index contributed by atoms with van der Waals surface area (Å²) in [4.78, 5) is 10.4. The zero-order valence-electron chi connectivity index (χ0n) is 9.80. The van der Waals surface area contributed by atoms with Crippen molar-refractivity contribution in [3.63, 3.8) is 0 Å². The summed E-state index contributed by atoms with van der Waals surface area (Å²) in [6.07, 6.45) is 3.81. The first-order chi connectivity index (χ1) is 8.08. The smallest absolute Gasteiger partial charge is 0.147 e. The molecule has 0 aliphatic carbocycles. The van der Waals surface area contributed by atoms with Crippen LogP contribution in [0.25, 0.3) is 0 Å². The SMILES string of the molecule is CC(O)C1CCN(c2cnc(C(=N)N)cn2)C1. The Kier molecular flexibility index (Phi) is 3.23. The summed E-state index contributed by atoms with van der Waals surface area (Å²) in [5.41, 5.74) is 5.70. The van der Waals surface area contributed by atoms with Gasteiger partial charge in [-0.1, -0.05) is 0 Å². The van der Waals surface area contributed by atoms with Gasteiger partial charge in [0.2, 0.25) is 0 Å². The molecule has 2 unspecified atom stereocenters. The molecule has 0 bridgehead atoms. The van der Waals surface area contributed by atoms with Crippen LogP contribution in [0, 0.1) is 11.3 Å². The van der Waals surface area contributed by atoms with Crippen LogP contribution >= 0.6 is 0 Å². The van der Waals surface area contributed by atoms with Gasteiger partial charge in [-0.15, -0.1) is 0 Å². The summed E-state index contributed by atoms with van der Waals surface area (Å²) in [7, 11) is 0. The van der Waals surface area contributed by atoms with Crippen molar-refractivity contribution in [3.8, 4) is 0 Å². The lowest BCUT2D eigenvalue weighted by atomic mass is 10.0. The van der Waals surface area contributed by atoms with Crippen LogP contribution < -0.4 is 10.6 Å². The van der Waals surface area contributed by atoms with Crippen molar-refractivity contribution in [2.24, 2.45) is 11.7 Å². The van der Waals surface area contributed by atoms with Gasteiger partial charge in [-0.2, -0.15) is 0 Å². The fourth-order valence-corrected chi connectivity index (χ4v) is 2.01. The maximum absolute atomic E-state index is 9.53. The minimum atomic E-state index is -0.288. The topological polar surface area (TPSA) is 99.1 Å². The number of hydrogen-bond acceptors (Lipinski definition) is 5. The maximum Gasteiger partial charge on any atom is 0.147 e. The summed E-state index contributed by atoms with van der Waals surface area (Å²) in [5.74, 6) is 0.995. The van der Waals surface area contributed by atoms with Gasteiger partial charge in [0.15, 0.2) is 0 Å². The summed E-state index contributed by atoms with van der Waals surface area (Å²) < 4.78 is 0. The number of anilines is 1. The van der Waals surface area contributed by atoms with E-state index in [9.17, 15) is 5.11 Å². The Morgan fingerprint density at radius 2 is 2.35 bits per heavy atom. The van der Waals surface area contributed by atoms with Crippen molar-refractivity contribution in [2.45, 2.75) is 19.4 Å². The highest BCUT2D eigenvalue weighted by Gasteiger charge is 2.26. The predicted molar refractivity (Wildman–Crippen MR) is 65.0 cm³/mol. The second-order valence-electron chi connectivity index (χ2n) is 4.41. The molecule has 0 amide bonds. The lowest BCUT2D eigenvalue weighted by Gasteiger charge is -2.18. The first-order valence-corrected chi connectivity index (χ1v) is 5.67. The van der Waals surface area contributed by atoms with Gasteiger partial charge in [0, 0.05) is 19.0 Å². The van der Waals surface area contributed by atoms with Gasteiger partial charge in [0.25, 0.3) is 0 Å². The molecule has 1 aromatic rings. The van der Waals surface area contributed by atoms with E-state index in [-0.39, 0.29) is 11.9 Å². The third-order valence-electron chi connectivity index (χ3n) is 3.15. The number of nitrogens with one attached hydrogen (secondary N) is 1. The average Bonchev–Trinajstić information content (AvgIpc) is 2.78. The molecule has 1 fully saturated rings. The van der Waals surface area contributed by atoms with Gasteiger partial charge in [-0.3, -0.25) is 5.41 Å². The van der Waals surface area contributed by atoms with Crippen molar-refractivity contribution >= 4 is 11.7 Å². The van der Waals surface area contributed by atoms with Crippen LogP contribution in [0.5, 0.6) is 0 Å². The Morgan fingerprint density at radius 3 is 2.82 bits per heavy atom. The number of aromatic nitrogens is 2. The van der Waals surface area contributed by atoms with E-state index in [2.05, 4.69) is 14.9 Å². The molecular weight excluding hydrogens is 218 g/mol. The zero-order chi connectivity index (χ0) is 12.4. The third-order valence-corrected chi connectivity index (χ3v) is 3.15. The number of rotatable bonds is 3. The van der Waals surface area contributed by atoms with Gasteiger partial charge in [0.05, 0.1) is 18.5 Å². The second kappa shape index (κ2) is 4.67. The summed E-state index contributed by atoms with van der Waals surface area (Å²) in [6.45, 7) is 3.49. The molecule has 92 valence electrons. The highest BCUT2D eigenvalue weighted by molar-refractivity contribution is 5.92. The molecule has 0 spiro atoms. The van der Waals surface area contributed by atoms with E-state index in [0.717, 1.165) is 25.3 Å².